The molecule has 0 radical (unpaired) electrons. The molecule has 0 aliphatic carbocycles. The van der Waals surface area contributed by atoms with Crippen molar-refractivity contribution in [3.63, 3.8) is 0 Å². The normalized spacial score (nSPS) is 6.51. The van der Waals surface area contributed by atoms with E-state index < -0.39 is 29.9 Å². The van der Waals surface area contributed by atoms with Gasteiger partial charge in [0.15, 0.2) is 0 Å². The molecule has 0 spiro atoms. The van der Waals surface area contributed by atoms with Gasteiger partial charge in [0.2, 0.25) is 5.91 Å². The summed E-state index contributed by atoms with van der Waals surface area (Å²) in [5.74, 6) is 222. The van der Waals surface area contributed by atoms with Crippen LogP contribution in [0.25, 0.3) is 0 Å². The minimum atomic E-state index is -5.08. The highest BCUT2D eigenvalue weighted by Gasteiger charge is 2.38. The van der Waals surface area contributed by atoms with E-state index in [1.807, 2.05) is 30.3 Å². The number of aliphatic carboxylic acids is 1. The van der Waals surface area contributed by atoms with Crippen LogP contribution in [0.1, 0.15) is 18.9 Å². The summed E-state index contributed by atoms with van der Waals surface area (Å²) in [6, 6.07) is 9.39. The minimum absolute atomic E-state index is 0.0559. The fourth-order valence-corrected chi connectivity index (χ4v) is 5.42. The van der Waals surface area contributed by atoms with Crippen LogP contribution in [0.3, 0.4) is 0 Å². The Hall–Kier alpha value is -23.8. The number of rotatable bonds is 9. The summed E-state index contributed by atoms with van der Waals surface area (Å²) >= 11 is 0. The number of alkyl halides is 3. The Morgan fingerprint density at radius 1 is 0.336 bits per heavy atom. The van der Waals surface area contributed by atoms with Gasteiger partial charge in [-0.1, -0.05) is 36.3 Å². The Balaban J connectivity index is 0.00000395. The number of imide groups is 1. The van der Waals surface area contributed by atoms with Crippen molar-refractivity contribution < 1.29 is 42.3 Å². The maximum absolute atomic E-state index is 12.4. The lowest BCUT2D eigenvalue weighted by Crippen LogP contribution is -2.41. The maximum atomic E-state index is 12.4. The van der Waals surface area contributed by atoms with E-state index >= 15 is 0 Å². The number of hydrogen-bond donors (Lipinski definition) is 3. The molecular formula is C113H26F3N3O6. The molecule has 9 nitrogen and oxygen atoms in total. The Kier molecular flexibility index (Phi) is 65.8. The number of carbonyl (C=O) groups is 5. The first kappa shape index (κ1) is 101. The van der Waals surface area contributed by atoms with Gasteiger partial charge in [-0.2, -0.15) is 13.2 Å². The Bertz CT molecular complexity index is 7950. The number of nitrogens with two attached hydrogens (primary N) is 1. The van der Waals surface area contributed by atoms with Crippen LogP contribution in [0.5, 0.6) is 0 Å². The van der Waals surface area contributed by atoms with Crippen molar-refractivity contribution in [3.05, 3.63) is 48.0 Å². The highest BCUT2D eigenvalue weighted by atomic mass is 19.4. The topological polar surface area (TPSA) is 147 Å². The van der Waals surface area contributed by atoms with Crippen LogP contribution in [-0.4, -0.2) is 65.3 Å². The molecule has 12 heteroatoms. The van der Waals surface area contributed by atoms with E-state index in [-0.39, 0.29) is 37.7 Å². The van der Waals surface area contributed by atoms with Gasteiger partial charge >= 0.3 is 12.1 Å². The number of terminal acetylenes is 1. The molecule has 1 aromatic rings. The maximum Gasteiger partial charge on any atom is 0.490 e. The van der Waals surface area contributed by atoms with Gasteiger partial charge in [-0.25, -0.2) is 4.79 Å². The molecule has 0 unspecified atom stereocenters. The summed E-state index contributed by atoms with van der Waals surface area (Å²) in [4.78, 5) is 57.0. The Morgan fingerprint density at radius 3 is 0.672 bits per heavy atom. The highest BCUT2D eigenvalue weighted by Crippen LogP contribution is 2.14. The second kappa shape index (κ2) is 81.2. The molecule has 1 aliphatic heterocycles. The van der Waals surface area contributed by atoms with E-state index in [0.29, 0.717) is 6.42 Å². The van der Waals surface area contributed by atoms with Crippen molar-refractivity contribution in [2.24, 2.45) is 11.7 Å². The van der Waals surface area contributed by atoms with Crippen LogP contribution in [0, 0.1) is 551 Å². The predicted molar refractivity (Wildman–Crippen MR) is 469 cm³/mol. The number of carbonyl (C=O) groups excluding carboxylic acids is 4. The van der Waals surface area contributed by atoms with Crippen molar-refractivity contribution in [2.75, 3.05) is 19.6 Å². The summed E-state index contributed by atoms with van der Waals surface area (Å²) in [7, 11) is 0. The molecule has 0 bridgehead atoms. The van der Waals surface area contributed by atoms with Gasteiger partial charge in [-0.15, -0.1) is 6.42 Å². The number of benzene rings is 1. The van der Waals surface area contributed by atoms with E-state index in [2.05, 4.69) is 544 Å². The number of carboxylic acids is 1. The lowest BCUT2D eigenvalue weighted by Gasteiger charge is -2.18. The van der Waals surface area contributed by atoms with Crippen LogP contribution in [-0.2, 0) is 30.4 Å². The molecule has 1 atom stereocenters. The third kappa shape index (κ3) is 75.4. The van der Waals surface area contributed by atoms with E-state index in [0.717, 1.165) is 10.5 Å². The molecule has 0 saturated carbocycles. The van der Waals surface area contributed by atoms with Crippen LogP contribution < -0.4 is 11.1 Å². The first-order chi connectivity index (χ1) is 61.4. The summed E-state index contributed by atoms with van der Waals surface area (Å²) in [5, 5.41) is 9.82. The predicted octanol–water partition coefficient (Wildman–Crippen LogP) is 1.23. The Morgan fingerprint density at radius 2 is 0.512 bits per heavy atom. The zero-order valence-corrected chi connectivity index (χ0v) is 63.9. The zero-order chi connectivity index (χ0) is 90.7. The van der Waals surface area contributed by atoms with E-state index in [9.17, 15) is 32.3 Å². The summed E-state index contributed by atoms with van der Waals surface area (Å²) < 4.78 is 31.7. The van der Waals surface area contributed by atoms with Gasteiger partial charge in [-0.05, 0) is 114 Å². The number of hydrogen-bond acceptors (Lipinski definition) is 6. The van der Waals surface area contributed by atoms with Crippen molar-refractivity contribution in [2.45, 2.75) is 25.9 Å². The monoisotopic (exact) mass is 1580 g/mol. The molecule has 0 aromatic heterocycles. The minimum Gasteiger partial charge on any atom is -0.475 e. The van der Waals surface area contributed by atoms with Gasteiger partial charge in [0, 0.05) is 476 Å². The van der Waals surface area contributed by atoms with Gasteiger partial charge in [0.1, 0.15) is 5.78 Å². The zero-order valence-electron chi connectivity index (χ0n) is 63.9. The molecular weight excluding hydrogens is 1550 g/mol. The van der Waals surface area contributed by atoms with Gasteiger partial charge in [-0.3, -0.25) is 24.1 Å². The standard InChI is InChI=1S/C93H4.C18H21N3O4.C2HF3O2/c1-3-5-7-9-11-13-15-17-19-21-23-25-27-29-31-33-35-37-39-41-43-45-47-49-51-53-55-57-59-61-63-65-67-69-71-73-75-77-79-81-83-85-87-89-91-93-92-90-88-86-84-82-80-78-76-74-72-70-68-66-64-62-60-58-56-54-52-50-48-46-44-42-40-38-36-34-32-30-28-26-24-22-20-18-16-14-12-10-8-6-4-2;19-12-15(22)11-14(10-13-4-2-1-3-5-13)18(25)20-8-9-21-16(23)6-7-17(21)24;3-2(4,5)1(6)7/h1H,2H3;1-7,14H,8-12,19H2,(H,20,25);(H,6,7)/t;14-;/m.1./s1. The van der Waals surface area contributed by atoms with Crippen molar-refractivity contribution in [1.29, 1.82) is 0 Å². The number of carboxylic acid groups (broad SMARTS) is 1. The van der Waals surface area contributed by atoms with Crippen LogP contribution in [0.4, 0.5) is 13.2 Å². The van der Waals surface area contributed by atoms with Crippen LogP contribution in [0.15, 0.2) is 42.5 Å². The van der Waals surface area contributed by atoms with Crippen molar-refractivity contribution in [3.8, 4) is 545 Å². The molecule has 1 heterocycles. The fourth-order valence-electron chi connectivity index (χ4n) is 5.42. The van der Waals surface area contributed by atoms with Crippen molar-refractivity contribution in [1.82, 2.24) is 10.2 Å². The summed E-state index contributed by atoms with van der Waals surface area (Å²) in [5.41, 5.74) is 6.30. The number of nitrogens with zero attached hydrogens (tertiary/aromatic N) is 1. The van der Waals surface area contributed by atoms with Crippen LogP contribution in [0.2, 0.25) is 0 Å². The average Bonchev–Trinajstić information content (AvgIpc) is 1.50. The molecule has 550 valence electrons. The van der Waals surface area contributed by atoms with E-state index in [1.165, 1.54) is 12.2 Å². The second-order valence-electron chi connectivity index (χ2n) is 18.1. The van der Waals surface area contributed by atoms with Gasteiger partial charge in [0.05, 0.1) is 6.54 Å². The van der Waals surface area contributed by atoms with E-state index in [4.69, 9.17) is 22.1 Å². The molecule has 1 aromatic carbocycles. The van der Waals surface area contributed by atoms with Crippen LogP contribution >= 0.6 is 0 Å². The Labute approximate surface area is 728 Å². The lowest BCUT2D eigenvalue weighted by molar-refractivity contribution is -0.192. The SMILES string of the molecule is C#CC#CC#CC#CC#CC#CC#CC#CC#CC#CC#CC#CC#CC#CC#CC#CC#CC#CC#CC#CC#CC#CC#CC#CC#CC#CC#CC#CC#CC#CC#CC#CC#CC#CC#CC#CC#CC#CC#CC#CC#CC#CC#CC#CC#CC#CC.NCC(=O)C[C@@H](Cc1ccccc1)C(=O)NCCN1C(=O)C=CC1=O.O=C(O)C(F)(F)F. The number of halogens is 3. The molecule has 4 N–H and O–H groups in total. The van der Waals surface area contributed by atoms with Gasteiger partial charge < -0.3 is 16.2 Å². The third-order valence-electron chi connectivity index (χ3n) is 9.87. The number of nitrogens with one attached hydrogen (secondary N) is 1. The number of Topliss-reactive ketones (excluding diaryl/α,β-unsaturated/α-hetero) is 1. The molecule has 125 heavy (non-hydrogen) atoms. The molecule has 3 amide bonds. The smallest absolute Gasteiger partial charge is 0.475 e. The molecule has 2 rings (SSSR count). The second-order valence-corrected chi connectivity index (χ2v) is 18.1. The molecule has 0 fully saturated rings. The largest absolute Gasteiger partial charge is 0.490 e. The van der Waals surface area contributed by atoms with Crippen molar-refractivity contribution >= 4 is 29.5 Å². The quantitative estimate of drug-likeness (QED) is 0.249. The van der Waals surface area contributed by atoms with Gasteiger partial charge in [0.25, 0.3) is 11.8 Å². The molecule has 1 aliphatic rings. The van der Waals surface area contributed by atoms with E-state index in [1.54, 1.807) is 6.92 Å². The summed E-state index contributed by atoms with van der Waals surface area (Å²) in [6.07, 6.45) is 2.74. The first-order valence-electron chi connectivity index (χ1n) is 32.6. The highest BCUT2D eigenvalue weighted by molar-refractivity contribution is 6.13. The number of amides is 3. The first-order valence-corrected chi connectivity index (χ1v) is 32.6. The number of ketones is 1. The lowest BCUT2D eigenvalue weighted by atomic mass is 9.93. The molecule has 0 saturated heterocycles. The third-order valence-corrected chi connectivity index (χ3v) is 9.87. The summed E-state index contributed by atoms with van der Waals surface area (Å²) in [6.45, 7) is 1.81. The fraction of sp³-hybridized carbons (Fsp3) is 0.0708. The average molecular weight is 1580 g/mol.